The molecule has 0 amide bonds. The Labute approximate surface area is 360 Å². The minimum Gasteiger partial charge on any atom is -0.545 e. The second-order valence-corrected chi connectivity index (χ2v) is 14.0. The van der Waals surface area contributed by atoms with Crippen LogP contribution in [0.25, 0.3) is 90.9 Å². The van der Waals surface area contributed by atoms with Crippen molar-refractivity contribution in [2.24, 2.45) is 0 Å². The van der Waals surface area contributed by atoms with Gasteiger partial charge in [0.05, 0.1) is 46.7 Å². The van der Waals surface area contributed by atoms with Crippen molar-refractivity contribution in [1.29, 1.82) is 0 Å². The van der Waals surface area contributed by atoms with Crippen LogP contribution in [0, 0.1) is 0 Å². The number of carbonyl (C=O) groups is 4. The number of aromatic carboxylic acids is 4. The molecule has 13 heteroatoms. The number of aromatic nitrogens is 4. The molecule has 0 aliphatic carbocycles. The van der Waals surface area contributed by atoms with Gasteiger partial charge in [0.1, 0.15) is 0 Å². The fourth-order valence-corrected chi connectivity index (χ4v) is 7.51. The molecule has 2 N–H and O–H groups in total. The van der Waals surface area contributed by atoms with E-state index in [0.29, 0.717) is 89.4 Å². The normalized spacial score (nSPS) is 11.5. The van der Waals surface area contributed by atoms with Gasteiger partial charge in [-0.15, -0.1) is 0 Å². The first-order chi connectivity index (χ1) is 29.0. The first-order valence-electron chi connectivity index (χ1n) is 18.5. The zero-order chi connectivity index (χ0) is 41.7. The van der Waals surface area contributed by atoms with E-state index in [4.69, 9.17) is 9.97 Å². The minimum absolute atomic E-state index is 0. The molecule has 5 heterocycles. The molecule has 0 radical (unpaired) electrons. The summed E-state index contributed by atoms with van der Waals surface area (Å²) < 4.78 is 0. The Morgan fingerprint density at radius 2 is 0.525 bits per heavy atom. The summed E-state index contributed by atoms with van der Waals surface area (Å²) in [6, 6.07) is 32.4. The number of aromatic amines is 2. The number of nitrogens with zero attached hydrogens (tertiary/aromatic N) is 2. The van der Waals surface area contributed by atoms with Crippen LogP contribution in [0.4, 0.5) is 0 Å². The number of nitrogens with one attached hydrogen (secondary N) is 2. The van der Waals surface area contributed by atoms with E-state index in [9.17, 15) is 39.6 Å². The molecule has 8 bridgehead atoms. The summed E-state index contributed by atoms with van der Waals surface area (Å²) in [5.74, 6) is -5.30. The van der Waals surface area contributed by atoms with Gasteiger partial charge in [-0.3, -0.25) is 0 Å². The Morgan fingerprint density at radius 1 is 0.328 bits per heavy atom. The van der Waals surface area contributed by atoms with Gasteiger partial charge < -0.3 is 49.6 Å². The van der Waals surface area contributed by atoms with Crippen molar-refractivity contribution >= 4 is 70.2 Å². The molecule has 0 spiro atoms. The van der Waals surface area contributed by atoms with Gasteiger partial charge in [0.15, 0.2) is 0 Å². The number of fused-ring (bicyclic) bond motifs is 8. The summed E-state index contributed by atoms with van der Waals surface area (Å²) in [6.45, 7) is 0. The van der Waals surface area contributed by atoms with E-state index < -0.39 is 23.9 Å². The maximum absolute atomic E-state index is 11.7. The fourth-order valence-electron chi connectivity index (χ4n) is 7.51. The Bertz CT molecular complexity index is 2760. The molecule has 4 aromatic carbocycles. The number of carbonyl (C=O) groups excluding carboxylic acids is 4. The number of carboxylic acid groups (broad SMARTS) is 4. The van der Waals surface area contributed by atoms with E-state index in [0.717, 1.165) is 0 Å². The number of hydrogen-bond acceptors (Lipinski definition) is 10. The third kappa shape index (κ3) is 7.48. The third-order valence-electron chi connectivity index (χ3n) is 10.4. The third-order valence-corrected chi connectivity index (χ3v) is 10.4. The standard InChI is InChI=1S/C48H30N4O8.Pt/c53-45(54)29-9-1-25(2-10-29)41-33-17-19-35(49-33)42(26-3-11-30(12-4-26)46(55)56)37-21-23-39(51-37)44(28-7-15-32(16-8-28)48(59)60)40-24-22-38(52-40)43(36-20-18-34(41)50-36)27-5-13-31(14-6-27)47(57)58;/h1-24,49,52H,(H,53,54)(H,55,56)(H,57,58)(H,59,60);/q;+4/p-4. The molecule has 0 saturated carbocycles. The maximum Gasteiger partial charge on any atom is 4.00 e. The average molecular weight is 982 g/mol. The molecule has 61 heavy (non-hydrogen) atoms. The van der Waals surface area contributed by atoms with Crippen LogP contribution in [0.5, 0.6) is 0 Å². The molecule has 0 unspecified atom stereocenters. The molecule has 296 valence electrons. The minimum atomic E-state index is -1.32. The average Bonchev–Trinajstić information content (AvgIpc) is 4.10. The molecule has 2 aliphatic rings. The first-order valence-corrected chi connectivity index (χ1v) is 18.5. The predicted molar refractivity (Wildman–Crippen MR) is 218 cm³/mol. The molecule has 7 aromatic rings. The van der Waals surface area contributed by atoms with Gasteiger partial charge in [0, 0.05) is 44.3 Å². The van der Waals surface area contributed by atoms with E-state index in [1.165, 1.54) is 48.5 Å². The molecule has 9 rings (SSSR count). The summed E-state index contributed by atoms with van der Waals surface area (Å²) >= 11 is 0. The van der Waals surface area contributed by atoms with Crippen LogP contribution in [-0.2, 0) is 21.1 Å². The Balaban J connectivity index is 0.00000514. The molecule has 12 nitrogen and oxygen atoms in total. The Hall–Kier alpha value is -7.95. The van der Waals surface area contributed by atoms with Crippen molar-refractivity contribution in [2.75, 3.05) is 0 Å². The number of H-pyrrole nitrogens is 2. The summed E-state index contributed by atoms with van der Waals surface area (Å²) in [5.41, 5.74) is 9.58. The molecule has 0 atom stereocenters. The van der Waals surface area contributed by atoms with Crippen molar-refractivity contribution in [3.8, 4) is 44.5 Å². The van der Waals surface area contributed by atoms with E-state index in [-0.39, 0.29) is 43.3 Å². The van der Waals surface area contributed by atoms with E-state index in [1.54, 1.807) is 48.5 Å². The smallest absolute Gasteiger partial charge is 0.545 e. The molecule has 3 aromatic heterocycles. The number of hydrogen-bond donors (Lipinski definition) is 2. The van der Waals surface area contributed by atoms with Gasteiger partial charge in [-0.25, -0.2) is 9.97 Å². The van der Waals surface area contributed by atoms with Gasteiger partial charge >= 0.3 is 21.1 Å². The molecular formula is C48H26N4O8Pt. The van der Waals surface area contributed by atoms with E-state index >= 15 is 0 Å². The number of benzene rings is 4. The quantitative estimate of drug-likeness (QED) is 0.213. The predicted octanol–water partition coefficient (Wildman–Crippen LogP) is 4.78. The Kier molecular flexibility index (Phi) is 10.5. The second kappa shape index (κ2) is 16.0. The van der Waals surface area contributed by atoms with Crippen molar-refractivity contribution in [3.05, 3.63) is 166 Å². The van der Waals surface area contributed by atoms with Crippen LogP contribution in [0.3, 0.4) is 0 Å². The van der Waals surface area contributed by atoms with Crippen molar-refractivity contribution in [1.82, 2.24) is 19.9 Å². The largest absolute Gasteiger partial charge is 4.00 e. The van der Waals surface area contributed by atoms with Crippen LogP contribution in [0.15, 0.2) is 121 Å². The van der Waals surface area contributed by atoms with Crippen molar-refractivity contribution in [3.63, 3.8) is 0 Å². The van der Waals surface area contributed by atoms with Gasteiger partial charge in [-0.05, 0) is 93.1 Å². The topological polar surface area (TPSA) is 218 Å². The van der Waals surface area contributed by atoms with Gasteiger partial charge in [0.2, 0.25) is 0 Å². The first kappa shape index (κ1) is 39.9. The summed E-state index contributed by atoms with van der Waals surface area (Å²) in [7, 11) is 0. The molecule has 0 fully saturated rings. The second-order valence-electron chi connectivity index (χ2n) is 14.0. The van der Waals surface area contributed by atoms with Crippen LogP contribution in [0.1, 0.15) is 64.2 Å². The molecular weight excluding hydrogens is 956 g/mol. The SMILES string of the molecule is O=C([O-])c1ccc(-c2c3nc(c(-c4ccc(C(=O)[O-])cc4)c4ccc([nH]4)c(-c4ccc(C(=O)[O-])cc4)c4nc(c(-c5ccc(C(=O)[O-])cc5)c5ccc2[nH]5)C=C4)C=C3)cc1.[Pt+4]. The van der Waals surface area contributed by atoms with Crippen molar-refractivity contribution < 1.29 is 60.7 Å². The maximum atomic E-state index is 11.7. The van der Waals surface area contributed by atoms with Gasteiger partial charge in [-0.1, -0.05) is 97.1 Å². The number of carboxylic acids is 4. The summed E-state index contributed by atoms with van der Waals surface area (Å²) in [6.07, 6.45) is 7.33. The van der Waals surface area contributed by atoms with Crippen LogP contribution >= 0.6 is 0 Å². The summed E-state index contributed by atoms with van der Waals surface area (Å²) in [4.78, 5) is 64.2. The molecule has 2 aliphatic heterocycles. The van der Waals surface area contributed by atoms with Crippen LogP contribution in [-0.4, -0.2) is 43.8 Å². The van der Waals surface area contributed by atoms with Gasteiger partial charge in [0.25, 0.3) is 0 Å². The summed E-state index contributed by atoms with van der Waals surface area (Å²) in [5, 5.41) is 46.8. The zero-order valence-electron chi connectivity index (χ0n) is 31.3. The molecule has 0 saturated heterocycles. The zero-order valence-corrected chi connectivity index (χ0v) is 33.6. The van der Waals surface area contributed by atoms with Crippen molar-refractivity contribution in [2.45, 2.75) is 0 Å². The van der Waals surface area contributed by atoms with E-state index in [1.807, 2.05) is 48.6 Å². The van der Waals surface area contributed by atoms with Crippen LogP contribution in [0.2, 0.25) is 0 Å². The van der Waals surface area contributed by atoms with Gasteiger partial charge in [-0.2, -0.15) is 0 Å². The Morgan fingerprint density at radius 3 is 0.705 bits per heavy atom. The van der Waals surface area contributed by atoms with E-state index in [2.05, 4.69) is 9.97 Å². The fraction of sp³-hybridized carbons (Fsp3) is 0. The monoisotopic (exact) mass is 981 g/mol. The van der Waals surface area contributed by atoms with Crippen LogP contribution < -0.4 is 20.4 Å². The number of rotatable bonds is 8.